The van der Waals surface area contributed by atoms with E-state index in [1.54, 1.807) is 6.07 Å². The standard InChI is InChI=1S/C14H16ClNO5.ClH/c15-11-7-10(5-3-1-2-4-6-14(18)19)12(9-17)13(8-11)16(20)21;/h7-9H,1-6H2,(H,18,19);1H. The Bertz CT molecular complexity index is 548. The van der Waals surface area contributed by atoms with Crippen LogP contribution < -0.4 is 0 Å². The van der Waals surface area contributed by atoms with Crippen LogP contribution in [0.25, 0.3) is 0 Å². The summed E-state index contributed by atoms with van der Waals surface area (Å²) >= 11 is 5.83. The van der Waals surface area contributed by atoms with Crippen LogP contribution in [-0.4, -0.2) is 22.3 Å². The highest BCUT2D eigenvalue weighted by molar-refractivity contribution is 6.31. The first kappa shape index (κ1) is 20.3. The summed E-state index contributed by atoms with van der Waals surface area (Å²) in [5, 5.41) is 19.6. The largest absolute Gasteiger partial charge is 0.481 e. The van der Waals surface area contributed by atoms with E-state index >= 15 is 0 Å². The van der Waals surface area contributed by atoms with Crippen molar-refractivity contribution in [1.82, 2.24) is 0 Å². The molecule has 8 heteroatoms. The predicted octanol–water partition coefficient (Wildman–Crippen LogP) is 4.06. The number of aryl methyl sites for hydroxylation is 1. The van der Waals surface area contributed by atoms with Crippen LogP contribution in [0.1, 0.15) is 48.0 Å². The molecule has 0 unspecified atom stereocenters. The lowest BCUT2D eigenvalue weighted by atomic mass is 10.00. The van der Waals surface area contributed by atoms with Crippen LogP contribution >= 0.6 is 24.0 Å². The molecule has 0 heterocycles. The second-order valence-corrected chi connectivity index (χ2v) is 5.12. The third-order valence-corrected chi connectivity index (χ3v) is 3.33. The normalized spacial score (nSPS) is 9.86. The number of carboxylic acids is 1. The molecule has 0 aliphatic heterocycles. The fourth-order valence-electron chi connectivity index (χ4n) is 2.10. The number of carbonyl (C=O) groups is 2. The minimum Gasteiger partial charge on any atom is -0.481 e. The van der Waals surface area contributed by atoms with Crippen LogP contribution in [-0.2, 0) is 11.2 Å². The molecule has 0 spiro atoms. The SMILES string of the molecule is Cl.O=Cc1c(CCCCCCC(=O)O)cc(Cl)cc1[N+](=O)[O-]. The average molecular weight is 350 g/mol. The van der Waals surface area contributed by atoms with E-state index in [0.717, 1.165) is 19.3 Å². The van der Waals surface area contributed by atoms with Gasteiger partial charge in [-0.15, -0.1) is 12.4 Å². The first-order valence-corrected chi connectivity index (χ1v) is 6.97. The molecule has 1 aromatic rings. The topological polar surface area (TPSA) is 97.5 Å². The number of nitro benzene ring substituents is 1. The quantitative estimate of drug-likeness (QED) is 0.313. The van der Waals surface area contributed by atoms with Crippen LogP contribution in [0, 0.1) is 10.1 Å². The summed E-state index contributed by atoms with van der Waals surface area (Å²) in [6.07, 6.45) is 4.01. The Morgan fingerprint density at radius 3 is 2.45 bits per heavy atom. The van der Waals surface area contributed by atoms with E-state index in [1.165, 1.54) is 6.07 Å². The summed E-state index contributed by atoms with van der Waals surface area (Å²) in [5.41, 5.74) is 0.343. The number of halogens is 2. The minimum absolute atomic E-state index is 0. The molecule has 0 saturated carbocycles. The van der Waals surface area contributed by atoms with Gasteiger partial charge in [0.25, 0.3) is 5.69 Å². The number of carbonyl (C=O) groups excluding carboxylic acids is 1. The van der Waals surface area contributed by atoms with Crippen molar-refractivity contribution >= 4 is 42.0 Å². The summed E-state index contributed by atoms with van der Waals surface area (Å²) in [6, 6.07) is 2.73. The van der Waals surface area contributed by atoms with Crippen LogP contribution in [0.2, 0.25) is 5.02 Å². The van der Waals surface area contributed by atoms with Crippen molar-refractivity contribution in [3.8, 4) is 0 Å². The number of rotatable bonds is 9. The van der Waals surface area contributed by atoms with Crippen molar-refractivity contribution in [2.75, 3.05) is 0 Å². The van der Waals surface area contributed by atoms with Gasteiger partial charge in [-0.2, -0.15) is 0 Å². The molecular formula is C14H17Cl2NO5. The number of nitrogens with zero attached hydrogens (tertiary/aromatic N) is 1. The summed E-state index contributed by atoms with van der Waals surface area (Å²) in [4.78, 5) is 31.7. The summed E-state index contributed by atoms with van der Waals surface area (Å²) in [7, 11) is 0. The maximum Gasteiger partial charge on any atom is 0.303 e. The number of unbranched alkanes of at least 4 members (excludes halogenated alkanes) is 3. The first-order valence-electron chi connectivity index (χ1n) is 6.59. The number of hydrogen-bond donors (Lipinski definition) is 1. The summed E-state index contributed by atoms with van der Waals surface area (Å²) < 4.78 is 0. The Hall–Kier alpha value is -1.66. The number of aliphatic carboxylic acids is 1. The van der Waals surface area contributed by atoms with Gasteiger partial charge in [-0.25, -0.2) is 0 Å². The zero-order valence-electron chi connectivity index (χ0n) is 11.8. The molecule has 1 rings (SSSR count). The van der Waals surface area contributed by atoms with Gasteiger partial charge in [0.1, 0.15) is 0 Å². The van der Waals surface area contributed by atoms with Crippen molar-refractivity contribution < 1.29 is 19.6 Å². The lowest BCUT2D eigenvalue weighted by Gasteiger charge is -2.06. The predicted molar refractivity (Wildman–Crippen MR) is 85.2 cm³/mol. The lowest BCUT2D eigenvalue weighted by molar-refractivity contribution is -0.385. The van der Waals surface area contributed by atoms with Gasteiger partial charge in [-0.1, -0.05) is 24.4 Å². The highest BCUT2D eigenvalue weighted by Gasteiger charge is 2.18. The smallest absolute Gasteiger partial charge is 0.303 e. The molecule has 0 bridgehead atoms. The van der Waals surface area contributed by atoms with Crippen molar-refractivity contribution in [2.24, 2.45) is 0 Å². The van der Waals surface area contributed by atoms with Crippen LogP contribution in [0.5, 0.6) is 0 Å². The van der Waals surface area contributed by atoms with E-state index in [-0.39, 0.29) is 35.1 Å². The molecule has 0 saturated heterocycles. The van der Waals surface area contributed by atoms with Gasteiger partial charge >= 0.3 is 5.97 Å². The first-order chi connectivity index (χ1) is 9.95. The van der Waals surface area contributed by atoms with Crippen LogP contribution in [0.15, 0.2) is 12.1 Å². The Kier molecular flexibility index (Phi) is 9.37. The molecule has 22 heavy (non-hydrogen) atoms. The maximum absolute atomic E-state index is 11.1. The van der Waals surface area contributed by atoms with Gasteiger partial charge < -0.3 is 5.11 Å². The van der Waals surface area contributed by atoms with Crippen molar-refractivity contribution in [3.63, 3.8) is 0 Å². The maximum atomic E-state index is 11.1. The van der Waals surface area contributed by atoms with Crippen molar-refractivity contribution in [3.05, 3.63) is 38.4 Å². The lowest BCUT2D eigenvalue weighted by Crippen LogP contribution is -2.00. The zero-order valence-corrected chi connectivity index (χ0v) is 13.4. The van der Waals surface area contributed by atoms with Crippen molar-refractivity contribution in [2.45, 2.75) is 38.5 Å². The van der Waals surface area contributed by atoms with Crippen molar-refractivity contribution in [1.29, 1.82) is 0 Å². The fourth-order valence-corrected chi connectivity index (χ4v) is 2.33. The summed E-state index contributed by atoms with van der Waals surface area (Å²) in [5.74, 6) is -0.816. The number of nitro groups is 1. The van der Waals surface area contributed by atoms with Gasteiger partial charge in [0.2, 0.25) is 0 Å². The number of carboxylic acid groups (broad SMARTS) is 1. The number of hydrogen-bond acceptors (Lipinski definition) is 4. The van der Waals surface area contributed by atoms with E-state index < -0.39 is 10.9 Å². The molecule has 0 radical (unpaired) electrons. The Balaban J connectivity index is 0.00000441. The molecular weight excluding hydrogens is 333 g/mol. The fraction of sp³-hybridized carbons (Fsp3) is 0.429. The number of aldehydes is 1. The number of benzene rings is 1. The zero-order chi connectivity index (χ0) is 15.8. The molecule has 0 fully saturated rings. The molecule has 0 aliphatic carbocycles. The van der Waals surface area contributed by atoms with E-state index in [9.17, 15) is 19.7 Å². The van der Waals surface area contributed by atoms with E-state index in [0.29, 0.717) is 24.7 Å². The van der Waals surface area contributed by atoms with Gasteiger partial charge in [0.05, 0.1) is 10.5 Å². The highest BCUT2D eigenvalue weighted by Crippen LogP contribution is 2.27. The summed E-state index contributed by atoms with van der Waals surface area (Å²) in [6.45, 7) is 0. The van der Waals surface area contributed by atoms with Gasteiger partial charge in [-0.3, -0.25) is 19.7 Å². The molecule has 0 aromatic heterocycles. The minimum atomic E-state index is -0.816. The molecule has 1 N–H and O–H groups in total. The van der Waals surface area contributed by atoms with Crippen LogP contribution in [0.4, 0.5) is 5.69 Å². The monoisotopic (exact) mass is 349 g/mol. The Morgan fingerprint density at radius 2 is 1.91 bits per heavy atom. The molecule has 1 aromatic carbocycles. The van der Waals surface area contributed by atoms with E-state index in [1.807, 2.05) is 0 Å². The highest BCUT2D eigenvalue weighted by atomic mass is 35.5. The molecule has 6 nitrogen and oxygen atoms in total. The van der Waals surface area contributed by atoms with Gasteiger partial charge in [0.15, 0.2) is 6.29 Å². The van der Waals surface area contributed by atoms with Crippen LogP contribution in [0.3, 0.4) is 0 Å². The second kappa shape index (κ2) is 10.1. The molecule has 0 amide bonds. The van der Waals surface area contributed by atoms with E-state index in [4.69, 9.17) is 16.7 Å². The average Bonchev–Trinajstić information content (AvgIpc) is 2.41. The third-order valence-electron chi connectivity index (χ3n) is 3.11. The van der Waals surface area contributed by atoms with E-state index in [2.05, 4.69) is 0 Å². The molecule has 0 atom stereocenters. The van der Waals surface area contributed by atoms with Gasteiger partial charge in [0, 0.05) is 17.5 Å². The molecule has 122 valence electrons. The Labute approximate surface area is 139 Å². The van der Waals surface area contributed by atoms with Gasteiger partial charge in [-0.05, 0) is 30.9 Å². The Morgan fingerprint density at radius 1 is 1.27 bits per heavy atom. The third kappa shape index (κ3) is 6.41. The second-order valence-electron chi connectivity index (χ2n) is 4.68. The molecule has 0 aliphatic rings.